The molecule has 1 aromatic carbocycles. The van der Waals surface area contributed by atoms with E-state index in [-0.39, 0.29) is 19.0 Å². The Morgan fingerprint density at radius 2 is 2.06 bits per heavy atom. The van der Waals surface area contributed by atoms with Gasteiger partial charge in [-0.15, -0.1) is 0 Å². The molecule has 0 unspecified atom stereocenters. The quantitative estimate of drug-likeness (QED) is 0.784. The van der Waals surface area contributed by atoms with Crippen LogP contribution in [0.3, 0.4) is 0 Å². The van der Waals surface area contributed by atoms with Crippen LogP contribution in [0.2, 0.25) is 5.02 Å². The first-order valence-electron chi connectivity index (χ1n) is 4.97. The third-order valence-electron chi connectivity index (χ3n) is 1.96. The molecule has 1 amide bonds. The van der Waals surface area contributed by atoms with Crippen LogP contribution in [0.5, 0.6) is 0 Å². The average Bonchev–Trinajstić information content (AvgIpc) is 2.26. The van der Waals surface area contributed by atoms with E-state index in [0.717, 1.165) is 6.26 Å². The molecule has 100 valence electrons. The normalized spacial score (nSPS) is 11.3. The summed E-state index contributed by atoms with van der Waals surface area (Å²) in [5, 5.41) is 3.11. The van der Waals surface area contributed by atoms with Crippen molar-refractivity contribution in [1.82, 2.24) is 10.0 Å². The fourth-order valence-electron chi connectivity index (χ4n) is 1.15. The van der Waals surface area contributed by atoms with E-state index in [1.54, 1.807) is 18.2 Å². The molecule has 5 nitrogen and oxygen atoms in total. The zero-order valence-electron chi connectivity index (χ0n) is 9.54. The molecule has 0 radical (unpaired) electrons. The molecule has 0 bridgehead atoms. The van der Waals surface area contributed by atoms with Crippen LogP contribution in [0.1, 0.15) is 10.4 Å². The highest BCUT2D eigenvalue weighted by Crippen LogP contribution is 2.22. The fourth-order valence-corrected chi connectivity index (χ4v) is 2.12. The standard InChI is InChI=1S/C10H12BrClN2O3S/c1-18(16,17)14-5-4-13-10(15)7-2-3-9(12)8(11)6-7/h2-3,6,14H,4-5H2,1H3,(H,13,15). The Morgan fingerprint density at radius 3 is 2.61 bits per heavy atom. The van der Waals surface area contributed by atoms with E-state index < -0.39 is 10.0 Å². The highest BCUT2D eigenvalue weighted by molar-refractivity contribution is 9.10. The number of carbonyl (C=O) groups excluding carboxylic acids is 1. The number of hydrogen-bond donors (Lipinski definition) is 2. The third-order valence-corrected chi connectivity index (χ3v) is 3.90. The van der Waals surface area contributed by atoms with Gasteiger partial charge >= 0.3 is 0 Å². The Labute approximate surface area is 119 Å². The van der Waals surface area contributed by atoms with Crippen molar-refractivity contribution in [2.24, 2.45) is 0 Å². The smallest absolute Gasteiger partial charge is 0.251 e. The number of rotatable bonds is 5. The molecular weight excluding hydrogens is 344 g/mol. The van der Waals surface area contributed by atoms with E-state index in [1.807, 2.05) is 0 Å². The van der Waals surface area contributed by atoms with Crippen molar-refractivity contribution >= 4 is 43.5 Å². The van der Waals surface area contributed by atoms with Gasteiger partial charge in [0.15, 0.2) is 0 Å². The maximum atomic E-state index is 11.7. The second-order valence-electron chi connectivity index (χ2n) is 3.55. The van der Waals surface area contributed by atoms with Crippen molar-refractivity contribution in [2.45, 2.75) is 0 Å². The number of nitrogens with one attached hydrogen (secondary N) is 2. The summed E-state index contributed by atoms with van der Waals surface area (Å²) < 4.78 is 24.5. The number of hydrogen-bond acceptors (Lipinski definition) is 3. The fraction of sp³-hybridized carbons (Fsp3) is 0.300. The van der Waals surface area contributed by atoms with E-state index in [0.29, 0.717) is 15.1 Å². The average molecular weight is 356 g/mol. The molecular formula is C10H12BrClN2O3S. The first kappa shape index (κ1) is 15.4. The first-order valence-corrected chi connectivity index (χ1v) is 8.04. The largest absolute Gasteiger partial charge is 0.351 e. The minimum atomic E-state index is -3.23. The van der Waals surface area contributed by atoms with E-state index in [4.69, 9.17) is 11.6 Å². The van der Waals surface area contributed by atoms with Crippen LogP contribution in [0.25, 0.3) is 0 Å². The van der Waals surface area contributed by atoms with Gasteiger partial charge in [0.05, 0.1) is 11.3 Å². The third kappa shape index (κ3) is 5.34. The summed E-state index contributed by atoms with van der Waals surface area (Å²) in [7, 11) is -3.23. The van der Waals surface area contributed by atoms with Crippen molar-refractivity contribution < 1.29 is 13.2 Å². The molecule has 0 aliphatic carbocycles. The van der Waals surface area contributed by atoms with Crippen LogP contribution >= 0.6 is 27.5 Å². The lowest BCUT2D eigenvalue weighted by Gasteiger charge is -2.06. The molecule has 2 N–H and O–H groups in total. The lowest BCUT2D eigenvalue weighted by molar-refractivity contribution is 0.0954. The molecule has 0 aromatic heterocycles. The molecule has 0 aliphatic heterocycles. The molecule has 0 spiro atoms. The van der Waals surface area contributed by atoms with Crippen LogP contribution in [-0.4, -0.2) is 33.7 Å². The van der Waals surface area contributed by atoms with Gasteiger partial charge in [-0.2, -0.15) is 0 Å². The monoisotopic (exact) mass is 354 g/mol. The van der Waals surface area contributed by atoms with Gasteiger partial charge in [-0.25, -0.2) is 13.1 Å². The van der Waals surface area contributed by atoms with Crippen LogP contribution in [0.15, 0.2) is 22.7 Å². The lowest BCUT2D eigenvalue weighted by Crippen LogP contribution is -2.34. The van der Waals surface area contributed by atoms with Gasteiger partial charge in [-0.1, -0.05) is 11.6 Å². The van der Waals surface area contributed by atoms with Gasteiger partial charge in [0, 0.05) is 23.1 Å². The van der Waals surface area contributed by atoms with E-state index in [2.05, 4.69) is 26.0 Å². The topological polar surface area (TPSA) is 75.3 Å². The molecule has 8 heteroatoms. The molecule has 18 heavy (non-hydrogen) atoms. The summed E-state index contributed by atoms with van der Waals surface area (Å²) in [6, 6.07) is 4.80. The predicted molar refractivity (Wildman–Crippen MR) is 74.3 cm³/mol. The van der Waals surface area contributed by atoms with E-state index in [1.165, 1.54) is 0 Å². The number of sulfonamides is 1. The van der Waals surface area contributed by atoms with Crippen LogP contribution in [-0.2, 0) is 10.0 Å². The van der Waals surface area contributed by atoms with Gasteiger partial charge < -0.3 is 5.32 Å². The van der Waals surface area contributed by atoms with Crippen LogP contribution in [0, 0.1) is 0 Å². The summed E-state index contributed by atoms with van der Waals surface area (Å²) >= 11 is 9.03. The van der Waals surface area contributed by atoms with Crippen molar-refractivity contribution in [3.8, 4) is 0 Å². The first-order chi connectivity index (χ1) is 8.29. The summed E-state index contributed by atoms with van der Waals surface area (Å²) in [6.07, 6.45) is 1.06. The van der Waals surface area contributed by atoms with Gasteiger partial charge in [-0.3, -0.25) is 4.79 Å². The van der Waals surface area contributed by atoms with Gasteiger partial charge in [0.1, 0.15) is 0 Å². The molecule has 0 aliphatic rings. The number of amides is 1. The summed E-state index contributed by atoms with van der Waals surface area (Å²) in [4.78, 5) is 11.7. The Balaban J connectivity index is 2.48. The summed E-state index contributed by atoms with van der Waals surface area (Å²) in [6.45, 7) is 0.367. The van der Waals surface area contributed by atoms with Crippen LogP contribution < -0.4 is 10.0 Å². The molecule has 0 atom stereocenters. The van der Waals surface area contributed by atoms with E-state index >= 15 is 0 Å². The molecule has 1 rings (SSSR count). The van der Waals surface area contributed by atoms with Gasteiger partial charge in [0.2, 0.25) is 10.0 Å². The van der Waals surface area contributed by atoms with Crippen molar-refractivity contribution in [2.75, 3.05) is 19.3 Å². The Morgan fingerprint density at radius 1 is 1.39 bits per heavy atom. The Hall–Kier alpha value is -0.630. The summed E-state index contributed by atoms with van der Waals surface area (Å²) in [5.74, 6) is -0.289. The van der Waals surface area contributed by atoms with Gasteiger partial charge in [0.25, 0.3) is 5.91 Å². The Bertz CT molecular complexity index is 548. The minimum Gasteiger partial charge on any atom is -0.351 e. The lowest BCUT2D eigenvalue weighted by atomic mass is 10.2. The molecule has 0 heterocycles. The molecule has 0 saturated heterocycles. The predicted octanol–water partition coefficient (Wildman–Crippen LogP) is 1.38. The van der Waals surface area contributed by atoms with E-state index in [9.17, 15) is 13.2 Å². The van der Waals surface area contributed by atoms with Crippen molar-refractivity contribution in [3.63, 3.8) is 0 Å². The Kier molecular flexibility index (Phi) is 5.58. The molecule has 0 fully saturated rings. The molecule has 0 saturated carbocycles. The highest BCUT2D eigenvalue weighted by Gasteiger charge is 2.07. The van der Waals surface area contributed by atoms with Crippen molar-refractivity contribution in [3.05, 3.63) is 33.3 Å². The maximum absolute atomic E-state index is 11.7. The highest BCUT2D eigenvalue weighted by atomic mass is 79.9. The SMILES string of the molecule is CS(=O)(=O)NCCNC(=O)c1ccc(Cl)c(Br)c1. The number of halogens is 2. The molecule has 1 aromatic rings. The summed E-state index contributed by atoms with van der Waals surface area (Å²) in [5.41, 5.74) is 0.450. The second-order valence-corrected chi connectivity index (χ2v) is 6.65. The minimum absolute atomic E-state index is 0.152. The zero-order valence-corrected chi connectivity index (χ0v) is 12.7. The van der Waals surface area contributed by atoms with Crippen LogP contribution in [0.4, 0.5) is 0 Å². The zero-order chi connectivity index (χ0) is 13.8. The number of carbonyl (C=O) groups is 1. The van der Waals surface area contributed by atoms with Crippen molar-refractivity contribution in [1.29, 1.82) is 0 Å². The number of benzene rings is 1. The van der Waals surface area contributed by atoms with Gasteiger partial charge in [-0.05, 0) is 34.1 Å². The maximum Gasteiger partial charge on any atom is 0.251 e. The second kappa shape index (κ2) is 6.51.